The quantitative estimate of drug-likeness (QED) is 0.788. The fraction of sp³-hybridized carbons (Fsp3) is 0.417. The molecule has 0 fully saturated rings. The Morgan fingerprint density at radius 1 is 1.42 bits per heavy atom. The number of nitrogens with two attached hydrogens (primary N) is 1. The minimum absolute atomic E-state index is 0.314. The zero-order valence-electron chi connectivity index (χ0n) is 11.1. The lowest BCUT2D eigenvalue weighted by atomic mass is 10.2. The zero-order valence-corrected chi connectivity index (χ0v) is 12.0. The Bertz CT molecular complexity index is 567. The third-order valence-corrected chi connectivity index (χ3v) is 4.68. The maximum absolute atomic E-state index is 11.7. The van der Waals surface area contributed by atoms with Crippen LogP contribution in [0.5, 0.6) is 5.75 Å². The molecule has 0 unspecified atom stereocenters. The molecule has 1 aromatic rings. The molecule has 0 aromatic heterocycles. The summed E-state index contributed by atoms with van der Waals surface area (Å²) in [5.41, 5.74) is 6.40. The molecule has 3 N–H and O–H groups in total. The van der Waals surface area contributed by atoms with Crippen LogP contribution in [-0.2, 0) is 14.6 Å². The van der Waals surface area contributed by atoms with E-state index in [0.717, 1.165) is 0 Å². The van der Waals surface area contributed by atoms with Gasteiger partial charge in [0.1, 0.15) is 11.5 Å². The number of nitrogens with one attached hydrogen (secondary N) is 1. The third-order valence-electron chi connectivity index (χ3n) is 2.58. The van der Waals surface area contributed by atoms with Crippen LogP contribution in [0.2, 0.25) is 0 Å². The summed E-state index contributed by atoms with van der Waals surface area (Å²) >= 11 is 0. The highest BCUT2D eigenvalue weighted by atomic mass is 32.2. The number of carbonyl (C=O) groups excluding carboxylic acids is 1. The van der Waals surface area contributed by atoms with Gasteiger partial charge in [-0.25, -0.2) is 8.42 Å². The van der Waals surface area contributed by atoms with E-state index in [0.29, 0.717) is 17.1 Å². The van der Waals surface area contributed by atoms with Gasteiger partial charge in [0.15, 0.2) is 9.84 Å². The van der Waals surface area contributed by atoms with Gasteiger partial charge < -0.3 is 15.8 Å². The lowest BCUT2D eigenvalue weighted by Crippen LogP contribution is -2.28. The number of rotatable bonds is 5. The molecule has 0 aliphatic carbocycles. The van der Waals surface area contributed by atoms with Crippen molar-refractivity contribution in [3.63, 3.8) is 0 Å². The molecule has 0 heterocycles. The fourth-order valence-corrected chi connectivity index (χ4v) is 2.09. The van der Waals surface area contributed by atoms with E-state index in [1.54, 1.807) is 18.2 Å². The Morgan fingerprint density at radius 3 is 2.53 bits per heavy atom. The first-order chi connectivity index (χ1) is 8.76. The van der Waals surface area contributed by atoms with Gasteiger partial charge in [0.05, 0.1) is 23.7 Å². The maximum atomic E-state index is 11.7. The van der Waals surface area contributed by atoms with Crippen LogP contribution >= 0.6 is 0 Å². The second-order valence-corrected chi connectivity index (χ2v) is 6.91. The standard InChI is InChI=1S/C12H18N2O4S/c1-8(2)19(16,17)7-12(15)14-11-5-4-9(18-3)6-10(11)13/h4-6,8H,7,13H2,1-3H3,(H,14,15). The molecular formula is C12H18N2O4S. The van der Waals surface area contributed by atoms with Gasteiger partial charge in [-0.3, -0.25) is 4.79 Å². The van der Waals surface area contributed by atoms with Gasteiger partial charge in [0, 0.05) is 6.07 Å². The predicted molar refractivity (Wildman–Crippen MR) is 75.0 cm³/mol. The van der Waals surface area contributed by atoms with Gasteiger partial charge in [-0.1, -0.05) is 0 Å². The number of methoxy groups -OCH3 is 1. The van der Waals surface area contributed by atoms with Crippen molar-refractivity contribution in [2.75, 3.05) is 23.9 Å². The molecule has 0 aliphatic rings. The first-order valence-electron chi connectivity index (χ1n) is 5.71. The molecule has 0 spiro atoms. The molecule has 1 aromatic carbocycles. The average molecular weight is 286 g/mol. The van der Waals surface area contributed by atoms with Crippen molar-refractivity contribution in [1.82, 2.24) is 0 Å². The molecule has 0 atom stereocenters. The summed E-state index contributed by atoms with van der Waals surface area (Å²) in [6.45, 7) is 3.06. The number of sulfone groups is 1. The minimum atomic E-state index is -3.42. The summed E-state index contributed by atoms with van der Waals surface area (Å²) in [4.78, 5) is 11.7. The Kier molecular flexibility index (Phi) is 4.77. The van der Waals surface area contributed by atoms with Crippen LogP contribution in [0.15, 0.2) is 18.2 Å². The summed E-state index contributed by atoms with van der Waals surface area (Å²) in [6, 6.07) is 4.74. The van der Waals surface area contributed by atoms with E-state index in [9.17, 15) is 13.2 Å². The molecule has 0 saturated heterocycles. The predicted octanol–water partition coefficient (Wildman–Crippen LogP) is 1.04. The molecule has 6 nitrogen and oxygen atoms in total. The number of amides is 1. The normalized spacial score (nSPS) is 11.4. The first-order valence-corrected chi connectivity index (χ1v) is 7.42. The Balaban J connectivity index is 2.78. The van der Waals surface area contributed by atoms with Crippen molar-refractivity contribution in [1.29, 1.82) is 0 Å². The number of hydrogen-bond donors (Lipinski definition) is 2. The van der Waals surface area contributed by atoms with E-state index < -0.39 is 26.7 Å². The van der Waals surface area contributed by atoms with Gasteiger partial charge in [-0.2, -0.15) is 0 Å². The Labute approximate surface area is 112 Å². The van der Waals surface area contributed by atoms with E-state index >= 15 is 0 Å². The van der Waals surface area contributed by atoms with E-state index in [4.69, 9.17) is 10.5 Å². The SMILES string of the molecule is COc1ccc(NC(=O)CS(=O)(=O)C(C)C)c(N)c1. The number of carbonyl (C=O) groups is 1. The summed E-state index contributed by atoms with van der Waals surface area (Å²) < 4.78 is 28.2. The van der Waals surface area contributed by atoms with Gasteiger partial charge >= 0.3 is 0 Å². The van der Waals surface area contributed by atoms with Crippen LogP contribution < -0.4 is 15.8 Å². The summed E-state index contributed by atoms with van der Waals surface area (Å²) in [5, 5.41) is 1.88. The monoisotopic (exact) mass is 286 g/mol. The van der Waals surface area contributed by atoms with Crippen LogP contribution in [0.3, 0.4) is 0 Å². The summed E-state index contributed by atoms with van der Waals surface area (Å²) in [6.07, 6.45) is 0. The molecule has 0 aliphatic heterocycles. The number of nitrogen functional groups attached to an aromatic ring is 1. The third kappa shape index (κ3) is 4.13. The molecule has 7 heteroatoms. The maximum Gasteiger partial charge on any atom is 0.239 e. The van der Waals surface area contributed by atoms with Crippen molar-refractivity contribution < 1.29 is 17.9 Å². The van der Waals surface area contributed by atoms with E-state index in [2.05, 4.69) is 5.32 Å². The summed E-state index contributed by atoms with van der Waals surface area (Å²) in [5.74, 6) is -0.605. The largest absolute Gasteiger partial charge is 0.497 e. The van der Waals surface area contributed by atoms with E-state index in [1.807, 2.05) is 0 Å². The van der Waals surface area contributed by atoms with Gasteiger partial charge in [-0.15, -0.1) is 0 Å². The second-order valence-electron chi connectivity index (χ2n) is 4.36. The van der Waals surface area contributed by atoms with Gasteiger partial charge in [0.2, 0.25) is 5.91 Å². The zero-order chi connectivity index (χ0) is 14.6. The van der Waals surface area contributed by atoms with Crippen molar-refractivity contribution in [3.8, 4) is 5.75 Å². The fourth-order valence-electron chi connectivity index (χ4n) is 1.32. The van der Waals surface area contributed by atoms with Crippen molar-refractivity contribution in [2.45, 2.75) is 19.1 Å². The highest BCUT2D eigenvalue weighted by molar-refractivity contribution is 7.92. The molecule has 0 bridgehead atoms. The Morgan fingerprint density at radius 2 is 2.05 bits per heavy atom. The van der Waals surface area contributed by atoms with Crippen molar-refractivity contribution >= 4 is 27.1 Å². The van der Waals surface area contributed by atoms with Crippen LogP contribution in [0.25, 0.3) is 0 Å². The van der Waals surface area contributed by atoms with E-state index in [-0.39, 0.29) is 0 Å². The number of ether oxygens (including phenoxy) is 1. The smallest absolute Gasteiger partial charge is 0.239 e. The van der Waals surface area contributed by atoms with Gasteiger partial charge in [0.25, 0.3) is 0 Å². The average Bonchev–Trinajstić information content (AvgIpc) is 2.30. The lowest BCUT2D eigenvalue weighted by Gasteiger charge is -2.11. The molecule has 0 radical (unpaired) electrons. The highest BCUT2D eigenvalue weighted by Gasteiger charge is 2.21. The van der Waals surface area contributed by atoms with Crippen LogP contribution in [0.4, 0.5) is 11.4 Å². The number of anilines is 2. The molecule has 1 rings (SSSR count). The first kappa shape index (κ1) is 15.3. The molecule has 19 heavy (non-hydrogen) atoms. The summed E-state index contributed by atoms with van der Waals surface area (Å²) in [7, 11) is -1.92. The van der Waals surface area contributed by atoms with Crippen LogP contribution in [0.1, 0.15) is 13.8 Å². The second kappa shape index (κ2) is 5.92. The Hall–Kier alpha value is -1.76. The van der Waals surface area contributed by atoms with Crippen molar-refractivity contribution in [2.24, 2.45) is 0 Å². The van der Waals surface area contributed by atoms with Crippen molar-refractivity contribution in [3.05, 3.63) is 18.2 Å². The van der Waals surface area contributed by atoms with Crippen LogP contribution in [-0.4, -0.2) is 32.4 Å². The molecule has 1 amide bonds. The molecule has 106 valence electrons. The number of hydrogen-bond acceptors (Lipinski definition) is 5. The van der Waals surface area contributed by atoms with Crippen LogP contribution in [0, 0.1) is 0 Å². The van der Waals surface area contributed by atoms with Gasteiger partial charge in [-0.05, 0) is 26.0 Å². The molecule has 0 saturated carbocycles. The highest BCUT2D eigenvalue weighted by Crippen LogP contribution is 2.24. The lowest BCUT2D eigenvalue weighted by molar-refractivity contribution is -0.113. The topological polar surface area (TPSA) is 98.5 Å². The number of benzene rings is 1. The minimum Gasteiger partial charge on any atom is -0.497 e. The van der Waals surface area contributed by atoms with E-state index in [1.165, 1.54) is 21.0 Å². The molecular weight excluding hydrogens is 268 g/mol.